The molecular weight excluding hydrogens is 1540 g/mol. The van der Waals surface area contributed by atoms with Crippen molar-refractivity contribution in [3.63, 3.8) is 0 Å². The Hall–Kier alpha value is -9.58. The van der Waals surface area contributed by atoms with E-state index in [1.54, 1.807) is 36.8 Å². The highest BCUT2D eigenvalue weighted by Gasteiger charge is 2.73. The lowest BCUT2D eigenvalue weighted by atomic mass is 9.43. The summed E-state index contributed by atoms with van der Waals surface area (Å²) in [6, 6.07) is 6.98. The van der Waals surface area contributed by atoms with Crippen LogP contribution in [0, 0.1) is 114 Å². The Morgan fingerprint density at radius 2 is 0.559 bits per heavy atom. The number of ether oxygens (including phenoxy) is 10. The molecule has 0 amide bonds. The second kappa shape index (κ2) is 32.2. The molecule has 16 unspecified atom stereocenters. The molecule has 8 aliphatic carbocycles. The zero-order valence-electron chi connectivity index (χ0n) is 69.1. The van der Waals surface area contributed by atoms with Crippen molar-refractivity contribution in [2.75, 3.05) is 28.4 Å². The van der Waals surface area contributed by atoms with Crippen molar-refractivity contribution >= 4 is 82.8 Å². The molecule has 4 saturated heterocycles. The lowest BCUT2D eigenvalue weighted by Gasteiger charge is -2.61. The van der Waals surface area contributed by atoms with Crippen LogP contribution in [0.5, 0.6) is 0 Å². The van der Waals surface area contributed by atoms with Gasteiger partial charge in [0.25, 0.3) is 0 Å². The number of carbonyl (C=O) groups is 14. The van der Waals surface area contributed by atoms with Gasteiger partial charge in [0.1, 0.15) is 36.6 Å². The maximum atomic E-state index is 13.7. The molecule has 12 fully saturated rings. The van der Waals surface area contributed by atoms with Crippen LogP contribution in [-0.4, -0.2) is 146 Å². The standard InChI is InChI=1S/2C23H28O8.2C21H26O7/c2*1-12(24)30-16-9-15(20(26)28-4)22(2)7-5-14-21(27)31-17(13-6-8-29-11-13)10-23(14,3)19(22)18(16)25;2*1-20-6-4-12-19(25)28-15(11-5-7-27-10-11)9-21(12,2)17(20)16(23)14(22)8-13(20)18(24)26-3/h2*6,8,11,14-17,19H,5,7,9-10H2,1-4H3;2*5,7,10,12-15,17,22H,4,6,8-9H2,1-3H3/t2*14?,15?,16?,17-,19?,22-,23-;2*12?,13?,14?,15-,17?,20-,21-/m0000/s1. The second-order valence-corrected chi connectivity index (χ2v) is 37.0. The van der Waals surface area contributed by atoms with Crippen LogP contribution < -0.4 is 0 Å². The van der Waals surface area contributed by atoms with E-state index in [0.29, 0.717) is 77.0 Å². The lowest BCUT2D eigenvalue weighted by molar-refractivity contribution is -0.211. The van der Waals surface area contributed by atoms with Crippen LogP contribution in [-0.2, 0) is 114 Å². The van der Waals surface area contributed by atoms with Gasteiger partial charge >= 0.3 is 59.7 Å². The first kappa shape index (κ1) is 86.3. The quantitative estimate of drug-likeness (QED) is 0.110. The summed E-state index contributed by atoms with van der Waals surface area (Å²) in [7, 11) is 5.28. The third-order valence-corrected chi connectivity index (χ3v) is 30.7. The number of furan rings is 4. The highest BCUT2D eigenvalue weighted by atomic mass is 16.6. The summed E-state index contributed by atoms with van der Waals surface area (Å²) in [5.74, 6) is -12.1. The molecule has 28 atom stereocenters. The number of hydrogen-bond acceptors (Lipinski definition) is 30. The molecule has 0 spiro atoms. The number of aliphatic hydroxyl groups excluding tert-OH is 2. The molecule has 118 heavy (non-hydrogen) atoms. The maximum Gasteiger partial charge on any atom is 0.310 e. The molecule has 8 heterocycles. The van der Waals surface area contributed by atoms with Gasteiger partial charge in [0.15, 0.2) is 35.3 Å². The lowest BCUT2D eigenvalue weighted by Crippen LogP contribution is -2.64. The first-order valence-electron chi connectivity index (χ1n) is 40.7. The Morgan fingerprint density at radius 3 is 0.763 bits per heavy atom. The Labute approximate surface area is 682 Å². The molecule has 0 radical (unpaired) electrons. The van der Waals surface area contributed by atoms with E-state index in [1.165, 1.54) is 79.9 Å². The zero-order valence-corrected chi connectivity index (χ0v) is 69.1. The number of esters is 10. The van der Waals surface area contributed by atoms with Crippen molar-refractivity contribution in [3.8, 4) is 0 Å². The number of fused-ring (bicyclic) bond motifs is 12. The van der Waals surface area contributed by atoms with Crippen LogP contribution in [0.25, 0.3) is 0 Å². The van der Waals surface area contributed by atoms with Crippen LogP contribution >= 0.6 is 0 Å². The summed E-state index contributed by atoms with van der Waals surface area (Å²) < 4.78 is 74.2. The molecule has 30 nitrogen and oxygen atoms in total. The van der Waals surface area contributed by atoms with Crippen molar-refractivity contribution in [2.45, 2.75) is 221 Å². The fraction of sp³-hybridized carbons (Fsp3) is 0.659. The Balaban J connectivity index is 0.000000137. The zero-order chi connectivity index (χ0) is 85.6. The van der Waals surface area contributed by atoms with Crippen molar-refractivity contribution in [3.05, 3.63) is 96.6 Å². The van der Waals surface area contributed by atoms with Gasteiger partial charge in [0.2, 0.25) is 0 Å². The van der Waals surface area contributed by atoms with Crippen LogP contribution in [0.3, 0.4) is 0 Å². The Bertz CT molecular complexity index is 4260. The van der Waals surface area contributed by atoms with Gasteiger partial charge in [-0.3, -0.25) is 67.1 Å². The molecule has 0 bridgehead atoms. The van der Waals surface area contributed by atoms with Gasteiger partial charge in [-0.1, -0.05) is 55.4 Å². The predicted molar refractivity (Wildman–Crippen MR) is 402 cm³/mol. The monoisotopic (exact) mass is 1640 g/mol. The number of carbonyl (C=O) groups excluding carboxylic acids is 14. The molecule has 12 aliphatic rings. The summed E-state index contributed by atoms with van der Waals surface area (Å²) in [5.41, 5.74) is -2.84. The number of methoxy groups -OCH3 is 4. The van der Waals surface area contributed by atoms with Crippen LogP contribution in [0.15, 0.2) is 92.0 Å². The van der Waals surface area contributed by atoms with E-state index in [1.807, 2.05) is 55.4 Å². The highest BCUT2D eigenvalue weighted by molar-refractivity contribution is 5.96. The van der Waals surface area contributed by atoms with E-state index in [2.05, 4.69) is 0 Å². The van der Waals surface area contributed by atoms with Crippen molar-refractivity contribution in [1.29, 1.82) is 0 Å². The Morgan fingerprint density at radius 1 is 0.339 bits per heavy atom. The third-order valence-electron chi connectivity index (χ3n) is 30.7. The minimum Gasteiger partial charge on any atom is -0.472 e. The van der Waals surface area contributed by atoms with Gasteiger partial charge < -0.3 is 75.3 Å². The first-order chi connectivity index (χ1) is 55.7. The summed E-state index contributed by atoms with van der Waals surface area (Å²) >= 11 is 0. The first-order valence-corrected chi connectivity index (χ1v) is 40.7. The van der Waals surface area contributed by atoms with Gasteiger partial charge in [0, 0.05) is 72.6 Å². The number of rotatable bonds is 10. The second-order valence-electron chi connectivity index (χ2n) is 37.0. The predicted octanol–water partition coefficient (Wildman–Crippen LogP) is 10.9. The van der Waals surface area contributed by atoms with Crippen LogP contribution in [0.4, 0.5) is 0 Å². The van der Waals surface area contributed by atoms with Crippen molar-refractivity contribution in [1.82, 2.24) is 0 Å². The van der Waals surface area contributed by atoms with Crippen LogP contribution in [0.1, 0.15) is 219 Å². The number of hydrogen-bond donors (Lipinski definition) is 2. The molecule has 8 saturated carbocycles. The van der Waals surface area contributed by atoms with E-state index in [4.69, 9.17) is 65.0 Å². The van der Waals surface area contributed by atoms with E-state index in [-0.39, 0.29) is 72.7 Å². The fourth-order valence-electron chi connectivity index (χ4n) is 25.3. The largest absolute Gasteiger partial charge is 0.472 e. The summed E-state index contributed by atoms with van der Waals surface area (Å²) in [6.45, 7) is 17.9. The highest BCUT2D eigenvalue weighted by Crippen LogP contribution is 2.70. The van der Waals surface area contributed by atoms with Crippen molar-refractivity contribution < 1.29 is 142 Å². The fourth-order valence-corrected chi connectivity index (χ4v) is 25.3. The summed E-state index contributed by atoms with van der Waals surface area (Å²) in [6.07, 6.45) is 11.7. The van der Waals surface area contributed by atoms with Gasteiger partial charge in [0.05, 0.1) is 126 Å². The molecule has 0 aromatic carbocycles. The molecule has 16 rings (SSSR count). The molecule has 4 aromatic heterocycles. The SMILES string of the molecule is COC(=O)C1CC(O)C(=O)C2[C@@]1(C)CCC1C(=O)O[C@H](c3ccoc3)C[C@@]12C.COC(=O)C1CC(O)C(=O)C2[C@@]1(C)CCC1C(=O)O[C@H](c3ccoc3)C[C@@]12C.COC(=O)C1CC(OC(C)=O)C(=O)C2[C@@]1(C)CCC1C(=O)O[C@H](c3ccoc3)C[C@@]12C.COC(=O)C1CC(OC(C)=O)C(=O)C2[C@@]1(C)CCC1C(=O)O[C@H](c3ccoc3)C[C@@]12C. The molecule has 640 valence electrons. The Kier molecular flexibility index (Phi) is 23.5. The number of cyclic esters (lactones) is 4. The van der Waals surface area contributed by atoms with E-state index < -0.39 is 199 Å². The van der Waals surface area contributed by atoms with Crippen molar-refractivity contribution in [2.24, 2.45) is 114 Å². The minimum atomic E-state index is -1.23. The number of aliphatic hydroxyl groups is 2. The average Bonchev–Trinajstić information content (AvgIpc) is 0.765. The average molecular weight is 1650 g/mol. The molecule has 2 N–H and O–H groups in total. The van der Waals surface area contributed by atoms with E-state index in [9.17, 15) is 77.3 Å². The van der Waals surface area contributed by atoms with Gasteiger partial charge in [-0.05, 0) is 157 Å². The van der Waals surface area contributed by atoms with Crippen LogP contribution in [0.2, 0.25) is 0 Å². The topological polar surface area (TPSA) is 424 Å². The van der Waals surface area contributed by atoms with Gasteiger partial charge in [-0.25, -0.2) is 0 Å². The molecular formula is C88H108O30. The smallest absolute Gasteiger partial charge is 0.310 e. The summed E-state index contributed by atoms with van der Waals surface area (Å²) in [5, 5.41) is 21.0. The number of ketones is 4. The molecule has 30 heteroatoms. The third kappa shape index (κ3) is 14.4. The van der Waals surface area contributed by atoms with Gasteiger partial charge in [-0.2, -0.15) is 0 Å². The molecule has 4 aliphatic heterocycles. The molecule has 4 aromatic rings. The van der Waals surface area contributed by atoms with Gasteiger partial charge in [-0.15, -0.1) is 0 Å². The van der Waals surface area contributed by atoms with E-state index in [0.717, 1.165) is 22.3 Å². The number of Topliss-reactive ketones (excluding diaryl/α,β-unsaturated/α-hetero) is 4. The van der Waals surface area contributed by atoms with E-state index >= 15 is 0 Å². The normalized spacial score (nSPS) is 41.2. The maximum absolute atomic E-state index is 13.7. The minimum absolute atomic E-state index is 0.0643. The summed E-state index contributed by atoms with van der Waals surface area (Å²) in [4.78, 5) is 180.